The Balaban J connectivity index is 2.07. The summed E-state index contributed by atoms with van der Waals surface area (Å²) in [4.78, 5) is 10.2. The van der Waals surface area contributed by atoms with Crippen LogP contribution >= 0.6 is 22.9 Å². The first-order valence-corrected chi connectivity index (χ1v) is 7.16. The average Bonchev–Trinajstić information content (AvgIpc) is 2.81. The third-order valence-electron chi connectivity index (χ3n) is 2.84. The number of benzene rings is 1. The van der Waals surface area contributed by atoms with Gasteiger partial charge in [0.2, 0.25) is 5.28 Å². The van der Waals surface area contributed by atoms with Gasteiger partial charge < -0.3 is 5.32 Å². The molecule has 0 unspecified atom stereocenters. The molecule has 0 spiro atoms. The minimum Gasteiger partial charge on any atom is -0.340 e. The normalized spacial score (nSPS) is 10.6. The highest BCUT2D eigenvalue weighted by atomic mass is 35.5. The van der Waals surface area contributed by atoms with Crippen LogP contribution in [0.5, 0.6) is 0 Å². The molecule has 1 aromatic carbocycles. The number of rotatable bonds is 2. The lowest BCUT2D eigenvalue weighted by Crippen LogP contribution is -1.97. The Morgan fingerprint density at radius 1 is 1.33 bits per heavy atom. The summed E-state index contributed by atoms with van der Waals surface area (Å²) in [6.45, 7) is 1.97. The number of thiophene rings is 1. The summed E-state index contributed by atoms with van der Waals surface area (Å²) in [5.74, 6) is -0.0230. The summed E-state index contributed by atoms with van der Waals surface area (Å²) >= 11 is 7.43. The summed E-state index contributed by atoms with van der Waals surface area (Å²) in [6.07, 6.45) is 0. The first-order chi connectivity index (χ1) is 10.1. The van der Waals surface area contributed by atoms with Gasteiger partial charge in [-0.15, -0.1) is 11.3 Å². The zero-order valence-corrected chi connectivity index (χ0v) is 12.4. The van der Waals surface area contributed by atoms with E-state index in [1.54, 1.807) is 6.07 Å². The van der Waals surface area contributed by atoms with Crippen molar-refractivity contribution in [2.45, 2.75) is 6.92 Å². The Labute approximate surface area is 128 Å². The Hall–Kier alpha value is -2.23. The highest BCUT2D eigenvalue weighted by Gasteiger charge is 2.11. The van der Waals surface area contributed by atoms with Gasteiger partial charge >= 0.3 is 0 Å². The zero-order valence-electron chi connectivity index (χ0n) is 10.8. The van der Waals surface area contributed by atoms with Gasteiger partial charge in [0.1, 0.15) is 22.5 Å². The van der Waals surface area contributed by atoms with E-state index in [4.69, 9.17) is 16.9 Å². The van der Waals surface area contributed by atoms with Crippen LogP contribution in [0.15, 0.2) is 24.3 Å². The standard InChI is InChI=1S/C14H8ClFN4S/c1-7-4-10-12(19-14(15)20-13(10)21-7)18-9-2-3-11(16)8(5-9)6-17/h2-5H,1H3,(H,18,19,20). The van der Waals surface area contributed by atoms with Crippen molar-refractivity contribution in [1.82, 2.24) is 9.97 Å². The minimum atomic E-state index is -0.555. The third kappa shape index (κ3) is 2.66. The molecule has 0 aliphatic rings. The second kappa shape index (κ2) is 5.28. The molecule has 7 heteroatoms. The van der Waals surface area contributed by atoms with Crippen molar-refractivity contribution in [1.29, 1.82) is 5.26 Å². The van der Waals surface area contributed by atoms with E-state index in [0.717, 1.165) is 15.1 Å². The van der Waals surface area contributed by atoms with Gasteiger partial charge in [-0.25, -0.2) is 9.37 Å². The van der Waals surface area contributed by atoms with Crippen molar-refractivity contribution in [2.24, 2.45) is 0 Å². The SMILES string of the molecule is Cc1cc2c(Nc3ccc(F)c(C#N)c3)nc(Cl)nc2s1. The van der Waals surface area contributed by atoms with Gasteiger partial charge in [0.25, 0.3) is 0 Å². The van der Waals surface area contributed by atoms with E-state index >= 15 is 0 Å². The molecule has 0 saturated heterocycles. The third-order valence-corrected chi connectivity index (χ3v) is 3.95. The van der Waals surface area contributed by atoms with Gasteiger partial charge in [-0.1, -0.05) is 0 Å². The molecule has 104 valence electrons. The molecule has 0 aliphatic heterocycles. The van der Waals surface area contributed by atoms with Gasteiger partial charge in [-0.3, -0.25) is 0 Å². The van der Waals surface area contributed by atoms with Gasteiger partial charge in [0.15, 0.2) is 0 Å². The smallest absolute Gasteiger partial charge is 0.225 e. The number of nitriles is 1. The van der Waals surface area contributed by atoms with Crippen LogP contribution in [0, 0.1) is 24.1 Å². The van der Waals surface area contributed by atoms with Crippen molar-refractivity contribution < 1.29 is 4.39 Å². The number of hydrogen-bond donors (Lipinski definition) is 1. The molecular weight excluding hydrogens is 311 g/mol. The van der Waals surface area contributed by atoms with E-state index < -0.39 is 5.82 Å². The maximum absolute atomic E-state index is 13.3. The highest BCUT2D eigenvalue weighted by Crippen LogP contribution is 2.31. The molecule has 2 aromatic heterocycles. The van der Waals surface area contributed by atoms with Gasteiger partial charge in [-0.05, 0) is 42.8 Å². The van der Waals surface area contributed by atoms with E-state index in [1.807, 2.05) is 13.0 Å². The van der Waals surface area contributed by atoms with Gasteiger partial charge in [0.05, 0.1) is 10.9 Å². The number of nitrogens with one attached hydrogen (secondary N) is 1. The first kappa shape index (κ1) is 13.7. The van der Waals surface area contributed by atoms with Crippen LogP contribution in [-0.2, 0) is 0 Å². The number of fused-ring (bicyclic) bond motifs is 1. The van der Waals surface area contributed by atoms with Crippen molar-refractivity contribution in [3.05, 3.63) is 45.8 Å². The number of aromatic nitrogens is 2. The second-order valence-corrected chi connectivity index (χ2v) is 5.92. The summed E-state index contributed by atoms with van der Waals surface area (Å²) in [5.41, 5.74) is 0.533. The Kier molecular flexibility index (Phi) is 3.45. The molecule has 0 radical (unpaired) electrons. The van der Waals surface area contributed by atoms with Crippen LogP contribution in [0.4, 0.5) is 15.9 Å². The average molecular weight is 319 g/mol. The lowest BCUT2D eigenvalue weighted by atomic mass is 10.2. The number of anilines is 2. The van der Waals surface area contributed by atoms with E-state index in [9.17, 15) is 4.39 Å². The van der Waals surface area contributed by atoms with Crippen molar-refractivity contribution in [2.75, 3.05) is 5.32 Å². The Bertz CT molecular complexity index is 885. The molecule has 0 amide bonds. The quantitative estimate of drug-likeness (QED) is 0.711. The van der Waals surface area contributed by atoms with Gasteiger partial charge in [-0.2, -0.15) is 10.2 Å². The maximum atomic E-state index is 13.3. The fraction of sp³-hybridized carbons (Fsp3) is 0.0714. The van der Waals surface area contributed by atoms with E-state index in [-0.39, 0.29) is 10.8 Å². The molecule has 0 atom stereocenters. The van der Waals surface area contributed by atoms with Crippen LogP contribution in [0.1, 0.15) is 10.4 Å². The largest absolute Gasteiger partial charge is 0.340 e. The van der Waals surface area contributed by atoms with Gasteiger partial charge in [0, 0.05) is 10.6 Å². The van der Waals surface area contributed by atoms with E-state index in [2.05, 4.69) is 15.3 Å². The van der Waals surface area contributed by atoms with E-state index in [1.165, 1.54) is 29.5 Å². The monoisotopic (exact) mass is 318 g/mol. The summed E-state index contributed by atoms with van der Waals surface area (Å²) in [7, 11) is 0. The second-order valence-electron chi connectivity index (χ2n) is 4.35. The molecule has 3 aromatic rings. The lowest BCUT2D eigenvalue weighted by molar-refractivity contribution is 0.624. The molecule has 2 heterocycles. The van der Waals surface area contributed by atoms with Crippen LogP contribution in [0.25, 0.3) is 10.2 Å². The Morgan fingerprint density at radius 3 is 2.90 bits per heavy atom. The number of nitrogens with zero attached hydrogens (tertiary/aromatic N) is 3. The van der Waals surface area contributed by atoms with Crippen LogP contribution in [-0.4, -0.2) is 9.97 Å². The first-order valence-electron chi connectivity index (χ1n) is 5.97. The van der Waals surface area contributed by atoms with Crippen molar-refractivity contribution in [3.63, 3.8) is 0 Å². The van der Waals surface area contributed by atoms with E-state index in [0.29, 0.717) is 11.5 Å². The summed E-state index contributed by atoms with van der Waals surface area (Å²) in [5, 5.41) is 12.9. The molecule has 1 N–H and O–H groups in total. The number of halogens is 2. The Morgan fingerprint density at radius 2 is 2.14 bits per heavy atom. The summed E-state index contributed by atoms with van der Waals surface area (Å²) < 4.78 is 13.3. The predicted molar refractivity (Wildman–Crippen MR) is 81.6 cm³/mol. The highest BCUT2D eigenvalue weighted by molar-refractivity contribution is 7.18. The molecule has 0 aliphatic carbocycles. The summed E-state index contributed by atoms with van der Waals surface area (Å²) in [6, 6.07) is 7.96. The van der Waals surface area contributed by atoms with Crippen LogP contribution in [0.3, 0.4) is 0 Å². The molecule has 3 rings (SSSR count). The predicted octanol–water partition coefficient (Wildman–Crippen LogP) is 4.41. The topological polar surface area (TPSA) is 61.6 Å². The number of aryl methyl sites for hydroxylation is 1. The van der Waals surface area contributed by atoms with Crippen molar-refractivity contribution >= 4 is 44.7 Å². The van der Waals surface area contributed by atoms with Crippen LogP contribution in [0.2, 0.25) is 5.28 Å². The fourth-order valence-electron chi connectivity index (χ4n) is 1.94. The lowest BCUT2D eigenvalue weighted by Gasteiger charge is -2.07. The zero-order chi connectivity index (χ0) is 15.0. The minimum absolute atomic E-state index is 0.0297. The molecule has 4 nitrogen and oxygen atoms in total. The fourth-order valence-corrected chi connectivity index (χ4v) is 3.04. The van der Waals surface area contributed by atoms with Crippen LogP contribution < -0.4 is 5.32 Å². The molecule has 0 bridgehead atoms. The molecule has 0 saturated carbocycles. The van der Waals surface area contributed by atoms with Crippen molar-refractivity contribution in [3.8, 4) is 6.07 Å². The molecule has 21 heavy (non-hydrogen) atoms. The maximum Gasteiger partial charge on any atom is 0.225 e. The number of hydrogen-bond acceptors (Lipinski definition) is 5. The molecule has 0 fully saturated rings. The molecular formula is C14H8ClFN4S.